The van der Waals surface area contributed by atoms with Crippen molar-refractivity contribution >= 4 is 0 Å². The Morgan fingerprint density at radius 1 is 1.67 bits per heavy atom. The zero-order chi connectivity index (χ0) is 4.71. The zero-order valence-corrected chi connectivity index (χ0v) is 5.93. The summed E-state index contributed by atoms with van der Waals surface area (Å²) in [6.07, 6.45) is 1.25. The Balaban J connectivity index is -0.0000000275. The number of nitrogens with zero attached hydrogens (tertiary/aromatic N) is 1. The first-order valence-electron chi connectivity index (χ1n) is 0.921. The van der Waals surface area contributed by atoms with Crippen LogP contribution in [-0.4, -0.2) is 7.11 Å². The van der Waals surface area contributed by atoms with E-state index >= 15 is 0 Å². The van der Waals surface area contributed by atoms with Crippen LogP contribution >= 0.6 is 0 Å². The first kappa shape index (κ1) is 16.3. The summed E-state index contributed by atoms with van der Waals surface area (Å²) >= 11 is 0. The summed E-state index contributed by atoms with van der Waals surface area (Å²) in [5.41, 5.74) is 4.15. The monoisotopic (exact) mass is 96.0 g/mol. The van der Waals surface area contributed by atoms with Gasteiger partial charge in [-0.1, -0.05) is 0 Å². The third-order valence-corrected chi connectivity index (χ3v) is 0. The minimum absolute atomic E-state index is 0. The molecule has 0 fully saturated rings. The smallest absolute Gasteiger partial charge is 0.857 e. The Morgan fingerprint density at radius 3 is 1.67 bits per heavy atom. The van der Waals surface area contributed by atoms with Gasteiger partial charge >= 0.3 is 29.6 Å². The van der Waals surface area contributed by atoms with Crippen LogP contribution in [0.4, 0.5) is 0 Å². The van der Waals surface area contributed by atoms with Crippen molar-refractivity contribution in [3.8, 4) is 6.19 Å². The van der Waals surface area contributed by atoms with Gasteiger partial charge in [0.25, 0.3) is 0 Å². The van der Waals surface area contributed by atoms with Crippen molar-refractivity contribution in [2.24, 2.45) is 5.73 Å². The van der Waals surface area contributed by atoms with E-state index in [1.807, 2.05) is 0 Å². The maximum Gasteiger partial charge on any atom is 1.00 e. The normalized spacial score (nSPS) is 2.17. The van der Waals surface area contributed by atoms with Gasteiger partial charge in [0.1, 0.15) is 0 Å². The van der Waals surface area contributed by atoms with Gasteiger partial charge in [0.2, 0.25) is 0 Å². The molecule has 0 rings (SSSR count). The van der Waals surface area contributed by atoms with Gasteiger partial charge in [0.15, 0.2) is 6.19 Å². The first-order chi connectivity index (χ1) is 2.41. The molecule has 0 saturated carbocycles. The summed E-state index contributed by atoms with van der Waals surface area (Å²) in [4.78, 5) is 0. The van der Waals surface area contributed by atoms with Crippen molar-refractivity contribution in [2.45, 2.75) is 0 Å². The van der Waals surface area contributed by atoms with E-state index in [9.17, 15) is 0 Å². The Hall–Kier alpha value is 0.250. The fourth-order valence-corrected chi connectivity index (χ4v) is 0. The molecule has 0 aromatic rings. The Bertz CT molecular complexity index is 33.0. The molecule has 0 amide bonds. The third-order valence-electron chi connectivity index (χ3n) is 0. The Kier molecular flexibility index (Phi) is 165. The van der Waals surface area contributed by atoms with Crippen LogP contribution in [0.25, 0.3) is 0 Å². The molecular weight excluding hydrogens is 91.0 g/mol. The van der Waals surface area contributed by atoms with E-state index < -0.39 is 0 Å². The topological polar surface area (TPSA) is 72.9 Å². The second-order valence-corrected chi connectivity index (χ2v) is 0.129. The molecule has 0 atom stereocenters. The first-order valence-corrected chi connectivity index (χ1v) is 0.921. The van der Waals surface area contributed by atoms with Crippen LogP contribution in [0, 0.1) is 11.5 Å². The zero-order valence-electron chi connectivity index (χ0n) is 3.93. The van der Waals surface area contributed by atoms with Crippen molar-refractivity contribution in [1.82, 2.24) is 0 Å². The van der Waals surface area contributed by atoms with Crippen molar-refractivity contribution in [2.75, 3.05) is 7.11 Å². The summed E-state index contributed by atoms with van der Waals surface area (Å²) in [6.45, 7) is 0. The maximum atomic E-state index is 8.25. The predicted molar refractivity (Wildman–Crippen MR) is 15.7 cm³/mol. The fraction of sp³-hybridized carbons (Fsp3) is 0.500. The average molecular weight is 96.1 g/mol. The van der Waals surface area contributed by atoms with Crippen molar-refractivity contribution in [3.63, 3.8) is 0 Å². The van der Waals surface area contributed by atoms with E-state index in [0.717, 1.165) is 7.11 Å². The van der Waals surface area contributed by atoms with E-state index in [-0.39, 0.29) is 29.6 Å². The van der Waals surface area contributed by atoms with Gasteiger partial charge in [-0.3, -0.25) is 0 Å². The van der Waals surface area contributed by atoms with Crippen LogP contribution in [0.1, 0.15) is 0 Å². The summed E-state index contributed by atoms with van der Waals surface area (Å²) in [5, 5.41) is 15.3. The van der Waals surface area contributed by atoms with Gasteiger partial charge in [-0.05, 0) is 0 Å². The number of nitrogens with two attached hydrogens (primary N) is 1. The second-order valence-electron chi connectivity index (χ2n) is 0.129. The van der Waals surface area contributed by atoms with Gasteiger partial charge in [-0.2, -0.15) is 12.4 Å². The molecule has 3 nitrogen and oxygen atoms in total. The largest absolute Gasteiger partial charge is 1.00 e. The van der Waals surface area contributed by atoms with Crippen molar-refractivity contribution in [3.05, 3.63) is 0 Å². The molecule has 0 unspecified atom stereocenters. The molecule has 6 heavy (non-hydrogen) atoms. The van der Waals surface area contributed by atoms with E-state index in [0.29, 0.717) is 0 Å². The fourth-order valence-electron chi connectivity index (χ4n) is 0. The number of hydrogen-bond acceptors (Lipinski definition) is 3. The minimum atomic E-state index is 0. The van der Waals surface area contributed by atoms with Gasteiger partial charge in [0, 0.05) is 0 Å². The molecule has 0 aromatic carbocycles. The number of rotatable bonds is 0. The van der Waals surface area contributed by atoms with E-state index in [2.05, 4.69) is 5.73 Å². The molecule has 4 heteroatoms. The minimum Gasteiger partial charge on any atom is -0.857 e. The van der Waals surface area contributed by atoms with Crippen LogP contribution in [0.15, 0.2) is 0 Å². The molecule has 0 spiro atoms. The molecule has 0 aromatic heterocycles. The number of hydrogen-bond donors (Lipinski definition) is 1. The average Bonchev–Trinajstić information content (AvgIpc) is 1.46. The molecule has 0 aliphatic rings. The Morgan fingerprint density at radius 2 is 1.67 bits per heavy atom. The van der Waals surface area contributed by atoms with Gasteiger partial charge < -0.3 is 10.8 Å². The van der Waals surface area contributed by atoms with Crippen molar-refractivity contribution < 1.29 is 34.7 Å². The van der Waals surface area contributed by atoms with E-state index in [4.69, 9.17) is 10.4 Å². The predicted octanol–water partition coefficient (Wildman–Crippen LogP) is -4.59. The molecule has 0 radical (unpaired) electrons. The van der Waals surface area contributed by atoms with E-state index in [1.54, 1.807) is 0 Å². The van der Waals surface area contributed by atoms with Crippen LogP contribution in [0.2, 0.25) is 0 Å². The van der Waals surface area contributed by atoms with Gasteiger partial charge in [0.05, 0.1) is 0 Å². The number of nitriles is 1. The molecule has 0 bridgehead atoms. The van der Waals surface area contributed by atoms with Crippen LogP contribution in [0.5, 0.6) is 0 Å². The molecule has 2 N–H and O–H groups in total. The van der Waals surface area contributed by atoms with E-state index in [1.165, 1.54) is 6.19 Å². The summed E-state index contributed by atoms with van der Waals surface area (Å²) in [6, 6.07) is 0. The quantitative estimate of drug-likeness (QED) is 0.187. The molecule has 0 heterocycles. The Labute approximate surface area is 59.1 Å². The summed E-state index contributed by atoms with van der Waals surface area (Å²) < 4.78 is 0. The van der Waals surface area contributed by atoms with Crippen LogP contribution < -0.4 is 40.4 Å². The van der Waals surface area contributed by atoms with Crippen LogP contribution in [0.3, 0.4) is 0 Å². The molecular formula is C2H5N2NaO. The summed E-state index contributed by atoms with van der Waals surface area (Å²) in [7, 11) is 0.750. The molecule has 0 aliphatic carbocycles. The maximum absolute atomic E-state index is 8.25. The SMILES string of the molecule is C[O-].N#CN.[Na+]. The molecule has 0 saturated heterocycles. The summed E-state index contributed by atoms with van der Waals surface area (Å²) in [5.74, 6) is 0. The van der Waals surface area contributed by atoms with Crippen LogP contribution in [-0.2, 0) is 0 Å². The molecule has 30 valence electrons. The van der Waals surface area contributed by atoms with Gasteiger partial charge in [-0.25, -0.2) is 0 Å². The molecule has 0 aliphatic heterocycles. The third kappa shape index (κ3) is 718. The van der Waals surface area contributed by atoms with Crippen molar-refractivity contribution in [1.29, 1.82) is 5.26 Å². The second kappa shape index (κ2) is 60.7. The van der Waals surface area contributed by atoms with Gasteiger partial charge in [-0.15, -0.1) is 0 Å². The standard InChI is InChI=1S/CH2N2.CH3O.Na/c2-1-3;1-2;/h2H2;1H3;/q;-1;+1.